The molecule has 0 unspecified atom stereocenters. The van der Waals surface area contributed by atoms with Gasteiger partial charge < -0.3 is 19.5 Å². The molecule has 1 aliphatic carbocycles. The maximum atomic E-state index is 11.9. The van der Waals surface area contributed by atoms with Gasteiger partial charge in [-0.05, 0) is 61.9 Å². The number of carboxylic acid groups (broad SMARTS) is 1. The number of rotatable bonds is 6. The predicted octanol–water partition coefficient (Wildman–Crippen LogP) is 5.02. The molecular weight excluding hydrogens is 442 g/mol. The van der Waals surface area contributed by atoms with Gasteiger partial charge in [0.25, 0.3) is 8.32 Å². The lowest BCUT2D eigenvalue weighted by molar-refractivity contribution is -0.0588. The molecule has 0 aliphatic heterocycles. The van der Waals surface area contributed by atoms with Crippen molar-refractivity contribution in [1.29, 1.82) is 0 Å². The van der Waals surface area contributed by atoms with E-state index in [1.165, 1.54) is 10.4 Å². The van der Waals surface area contributed by atoms with Gasteiger partial charge in [0.2, 0.25) is 0 Å². The Balaban J connectivity index is 1.88. The van der Waals surface area contributed by atoms with Crippen molar-refractivity contribution in [2.45, 2.75) is 89.4 Å². The van der Waals surface area contributed by atoms with Crippen molar-refractivity contribution in [3.05, 3.63) is 60.7 Å². The minimum absolute atomic E-state index is 0.0920. The molecule has 1 saturated carbocycles. The highest BCUT2D eigenvalue weighted by Gasteiger charge is 2.51. The lowest BCUT2D eigenvalue weighted by Crippen LogP contribution is -2.67. The first-order valence-corrected chi connectivity index (χ1v) is 14.2. The second-order valence-electron chi connectivity index (χ2n) is 11.7. The van der Waals surface area contributed by atoms with Crippen molar-refractivity contribution in [2.24, 2.45) is 0 Å². The van der Waals surface area contributed by atoms with E-state index in [0.717, 1.165) is 0 Å². The molecule has 2 aromatic carbocycles. The smallest absolute Gasteiger partial charge is 0.407 e. The Morgan fingerprint density at radius 2 is 1.38 bits per heavy atom. The number of amides is 1. The highest BCUT2D eigenvalue weighted by Crippen LogP contribution is 2.39. The van der Waals surface area contributed by atoms with Crippen LogP contribution in [0.2, 0.25) is 5.04 Å². The van der Waals surface area contributed by atoms with Crippen molar-refractivity contribution >= 4 is 24.8 Å². The molecule has 2 N–H and O–H groups in total. The van der Waals surface area contributed by atoms with E-state index in [4.69, 9.17) is 4.43 Å². The molecular formula is C28H41NO4Si. The van der Waals surface area contributed by atoms with Crippen LogP contribution >= 0.6 is 0 Å². The van der Waals surface area contributed by atoms with E-state index >= 15 is 0 Å². The van der Waals surface area contributed by atoms with Crippen LogP contribution in [0.4, 0.5) is 4.79 Å². The zero-order valence-corrected chi connectivity index (χ0v) is 22.5. The van der Waals surface area contributed by atoms with E-state index in [-0.39, 0.29) is 17.7 Å². The Morgan fingerprint density at radius 1 is 0.941 bits per heavy atom. The Labute approximate surface area is 205 Å². The SMILES string of the molecule is CC(C)(C)N(C(=O)O)[C@H]1CC[C@@](O)(CO[Si](c2ccccc2)(c2ccccc2)C(C)(C)C)CC1. The molecule has 0 bridgehead atoms. The summed E-state index contributed by atoms with van der Waals surface area (Å²) in [7, 11) is -2.73. The maximum absolute atomic E-state index is 11.9. The Morgan fingerprint density at radius 3 is 1.74 bits per heavy atom. The summed E-state index contributed by atoms with van der Waals surface area (Å²) < 4.78 is 6.98. The first kappa shape index (κ1) is 26.5. The molecule has 1 amide bonds. The van der Waals surface area contributed by atoms with Gasteiger partial charge in [0.15, 0.2) is 0 Å². The molecule has 0 atom stereocenters. The molecule has 186 valence electrons. The molecule has 1 fully saturated rings. The lowest BCUT2D eigenvalue weighted by atomic mass is 9.81. The molecule has 0 spiro atoms. The number of nitrogens with zero attached hydrogens (tertiary/aromatic N) is 1. The number of aliphatic hydroxyl groups is 1. The second kappa shape index (κ2) is 9.84. The van der Waals surface area contributed by atoms with E-state index in [1.807, 2.05) is 32.9 Å². The normalized spacial score (nSPS) is 21.8. The Kier molecular flexibility index (Phi) is 7.65. The second-order valence-corrected chi connectivity index (χ2v) is 16.0. The zero-order chi connectivity index (χ0) is 25.2. The number of hydrogen-bond acceptors (Lipinski definition) is 3. The quantitative estimate of drug-likeness (QED) is 0.567. The van der Waals surface area contributed by atoms with Crippen LogP contribution in [0.15, 0.2) is 60.7 Å². The third kappa shape index (κ3) is 5.40. The van der Waals surface area contributed by atoms with Crippen LogP contribution in [0, 0.1) is 0 Å². The van der Waals surface area contributed by atoms with Crippen LogP contribution < -0.4 is 10.4 Å². The average Bonchev–Trinajstić information content (AvgIpc) is 2.75. The summed E-state index contributed by atoms with van der Waals surface area (Å²) in [6, 6.07) is 20.8. The monoisotopic (exact) mass is 483 g/mol. The maximum Gasteiger partial charge on any atom is 0.407 e. The fourth-order valence-corrected chi connectivity index (χ4v) is 10.2. The standard InChI is InChI=1S/C28H41NO4Si/c1-26(2,3)29(25(30)31)22-17-19-28(32,20-18-22)21-33-34(27(4,5)6,23-13-9-7-10-14-23)24-15-11-8-12-16-24/h7-16,22,32H,17-21H2,1-6H3,(H,30,31)/t22-,28-. The molecule has 0 heterocycles. The van der Waals surface area contributed by atoms with Gasteiger partial charge in [-0.25, -0.2) is 4.79 Å². The molecule has 5 nitrogen and oxygen atoms in total. The Hall–Kier alpha value is -2.15. The predicted molar refractivity (Wildman–Crippen MR) is 140 cm³/mol. The van der Waals surface area contributed by atoms with Gasteiger partial charge in [-0.2, -0.15) is 0 Å². The molecule has 3 rings (SSSR count). The number of benzene rings is 2. The molecule has 34 heavy (non-hydrogen) atoms. The molecule has 1 aliphatic rings. The highest BCUT2D eigenvalue weighted by molar-refractivity contribution is 6.99. The summed E-state index contributed by atoms with van der Waals surface area (Å²) in [5, 5.41) is 23.6. The minimum atomic E-state index is -2.73. The van der Waals surface area contributed by atoms with Crippen molar-refractivity contribution in [1.82, 2.24) is 4.90 Å². The topological polar surface area (TPSA) is 70.0 Å². The van der Waals surface area contributed by atoms with Crippen molar-refractivity contribution < 1.29 is 19.4 Å². The summed E-state index contributed by atoms with van der Waals surface area (Å²) in [5.74, 6) is 0. The van der Waals surface area contributed by atoms with Crippen LogP contribution in [0.25, 0.3) is 0 Å². The fourth-order valence-electron chi connectivity index (χ4n) is 5.54. The first-order valence-electron chi connectivity index (χ1n) is 12.3. The number of hydrogen-bond donors (Lipinski definition) is 2. The van der Waals surface area contributed by atoms with Crippen molar-refractivity contribution in [3.63, 3.8) is 0 Å². The summed E-state index contributed by atoms with van der Waals surface area (Å²) >= 11 is 0. The van der Waals surface area contributed by atoms with Crippen LogP contribution in [0.1, 0.15) is 67.2 Å². The van der Waals surface area contributed by atoms with Crippen molar-refractivity contribution in [3.8, 4) is 0 Å². The molecule has 0 saturated heterocycles. The third-order valence-corrected chi connectivity index (χ3v) is 12.1. The van der Waals surface area contributed by atoms with Crippen LogP contribution in [0.5, 0.6) is 0 Å². The van der Waals surface area contributed by atoms with Crippen LogP contribution in [-0.2, 0) is 4.43 Å². The Bertz CT molecular complexity index is 902. The minimum Gasteiger partial charge on any atom is -0.465 e. The van der Waals surface area contributed by atoms with Gasteiger partial charge in [0, 0.05) is 11.6 Å². The van der Waals surface area contributed by atoms with Gasteiger partial charge >= 0.3 is 6.09 Å². The molecule has 0 radical (unpaired) electrons. The summed E-state index contributed by atoms with van der Waals surface area (Å²) in [4.78, 5) is 13.5. The zero-order valence-electron chi connectivity index (χ0n) is 21.5. The van der Waals surface area contributed by atoms with Gasteiger partial charge in [-0.3, -0.25) is 0 Å². The molecule has 2 aromatic rings. The van der Waals surface area contributed by atoms with E-state index < -0.39 is 25.6 Å². The van der Waals surface area contributed by atoms with Crippen LogP contribution in [0.3, 0.4) is 0 Å². The van der Waals surface area contributed by atoms with E-state index in [2.05, 4.69) is 69.3 Å². The van der Waals surface area contributed by atoms with Gasteiger partial charge in [-0.1, -0.05) is 81.4 Å². The summed E-state index contributed by atoms with van der Waals surface area (Å²) in [5.41, 5.74) is -1.44. The van der Waals surface area contributed by atoms with Gasteiger partial charge in [0.05, 0.1) is 12.2 Å². The summed E-state index contributed by atoms with van der Waals surface area (Å²) in [6.07, 6.45) is 1.41. The highest BCUT2D eigenvalue weighted by atomic mass is 28.4. The average molecular weight is 484 g/mol. The first-order chi connectivity index (χ1) is 15.8. The van der Waals surface area contributed by atoms with E-state index in [0.29, 0.717) is 25.7 Å². The van der Waals surface area contributed by atoms with Crippen LogP contribution in [-0.4, -0.2) is 53.3 Å². The van der Waals surface area contributed by atoms with E-state index in [9.17, 15) is 15.0 Å². The third-order valence-electron chi connectivity index (χ3n) is 7.15. The summed E-state index contributed by atoms with van der Waals surface area (Å²) in [6.45, 7) is 12.7. The van der Waals surface area contributed by atoms with Gasteiger partial charge in [0.1, 0.15) is 0 Å². The fraction of sp³-hybridized carbons (Fsp3) is 0.536. The lowest BCUT2D eigenvalue weighted by Gasteiger charge is -2.47. The van der Waals surface area contributed by atoms with Crippen molar-refractivity contribution in [2.75, 3.05) is 6.61 Å². The van der Waals surface area contributed by atoms with E-state index in [1.54, 1.807) is 4.90 Å². The molecule has 6 heteroatoms. The largest absolute Gasteiger partial charge is 0.465 e. The number of carbonyl (C=O) groups is 1. The molecule has 0 aromatic heterocycles. The van der Waals surface area contributed by atoms with Gasteiger partial charge in [-0.15, -0.1) is 0 Å².